The number of benzene rings is 2. The highest BCUT2D eigenvalue weighted by Crippen LogP contribution is 2.30. The minimum Gasteiger partial charge on any atom is -0.497 e. The molecule has 0 radical (unpaired) electrons. The first-order valence-electron chi connectivity index (χ1n) is 7.35. The molecule has 0 unspecified atom stereocenters. The Morgan fingerprint density at radius 1 is 0.739 bits per heavy atom. The van der Waals surface area contributed by atoms with E-state index >= 15 is 0 Å². The molecule has 23 heavy (non-hydrogen) atoms. The summed E-state index contributed by atoms with van der Waals surface area (Å²) in [5.41, 5.74) is 2.07. The van der Waals surface area contributed by atoms with Crippen LogP contribution >= 0.6 is 0 Å². The third-order valence-corrected chi connectivity index (χ3v) is 3.60. The molecule has 0 amide bonds. The summed E-state index contributed by atoms with van der Waals surface area (Å²) in [7, 11) is 6.60. The second-order valence-corrected chi connectivity index (χ2v) is 4.93. The van der Waals surface area contributed by atoms with Gasteiger partial charge in [0.15, 0.2) is 11.5 Å². The Balaban J connectivity index is 2.08. The van der Waals surface area contributed by atoms with E-state index in [1.807, 2.05) is 36.4 Å². The van der Waals surface area contributed by atoms with Gasteiger partial charge in [0.1, 0.15) is 11.5 Å². The molecule has 124 valence electrons. The maximum atomic E-state index is 5.44. The van der Waals surface area contributed by atoms with Crippen molar-refractivity contribution in [1.29, 1.82) is 0 Å². The van der Waals surface area contributed by atoms with Crippen molar-refractivity contribution in [3.8, 4) is 23.0 Å². The van der Waals surface area contributed by atoms with Gasteiger partial charge in [-0.25, -0.2) is 0 Å². The molecular weight excluding hydrogens is 294 g/mol. The summed E-state index contributed by atoms with van der Waals surface area (Å²) in [5.74, 6) is 3.11. The number of hydrogen-bond donors (Lipinski definition) is 1. The van der Waals surface area contributed by atoms with Crippen LogP contribution in [0.5, 0.6) is 23.0 Å². The Kier molecular flexibility index (Phi) is 6.11. The molecule has 1 N–H and O–H groups in total. The van der Waals surface area contributed by atoms with E-state index < -0.39 is 0 Å². The van der Waals surface area contributed by atoms with Crippen molar-refractivity contribution in [3.63, 3.8) is 0 Å². The molecule has 5 nitrogen and oxygen atoms in total. The molecule has 0 aliphatic rings. The molecule has 0 aliphatic heterocycles. The summed E-state index contributed by atoms with van der Waals surface area (Å²) in [6, 6.07) is 11.6. The second kappa shape index (κ2) is 8.29. The quantitative estimate of drug-likeness (QED) is 0.811. The summed E-state index contributed by atoms with van der Waals surface area (Å²) in [6.07, 6.45) is 0. The Morgan fingerprint density at radius 3 is 2.13 bits per heavy atom. The van der Waals surface area contributed by atoms with Crippen molar-refractivity contribution in [3.05, 3.63) is 47.5 Å². The molecule has 0 saturated carbocycles. The van der Waals surface area contributed by atoms with Gasteiger partial charge in [-0.3, -0.25) is 0 Å². The van der Waals surface area contributed by atoms with Crippen molar-refractivity contribution in [1.82, 2.24) is 5.32 Å². The maximum Gasteiger partial charge on any atom is 0.165 e. The lowest BCUT2D eigenvalue weighted by atomic mass is 10.1. The predicted octanol–water partition coefficient (Wildman–Crippen LogP) is 3.01. The van der Waals surface area contributed by atoms with Crippen LogP contribution in [0.25, 0.3) is 0 Å². The van der Waals surface area contributed by atoms with Gasteiger partial charge in [0.25, 0.3) is 0 Å². The van der Waals surface area contributed by atoms with Crippen molar-refractivity contribution in [2.24, 2.45) is 0 Å². The molecule has 0 atom stereocenters. The molecule has 0 aromatic heterocycles. The topological polar surface area (TPSA) is 49.0 Å². The molecule has 2 aromatic carbocycles. The van der Waals surface area contributed by atoms with Crippen LogP contribution in [-0.2, 0) is 13.1 Å². The molecule has 0 spiro atoms. The summed E-state index contributed by atoms with van der Waals surface area (Å²) < 4.78 is 21.4. The SMILES string of the molecule is COc1ccc(OC)c(CNCc2cccc(OC)c2OC)c1. The van der Waals surface area contributed by atoms with E-state index in [4.69, 9.17) is 18.9 Å². The van der Waals surface area contributed by atoms with Crippen LogP contribution in [0, 0.1) is 0 Å². The first kappa shape index (κ1) is 17.0. The monoisotopic (exact) mass is 317 g/mol. The van der Waals surface area contributed by atoms with Gasteiger partial charge in [0.05, 0.1) is 28.4 Å². The summed E-state index contributed by atoms with van der Waals surface area (Å²) in [6.45, 7) is 1.31. The molecule has 5 heteroatoms. The van der Waals surface area contributed by atoms with E-state index in [2.05, 4.69) is 5.32 Å². The van der Waals surface area contributed by atoms with Gasteiger partial charge < -0.3 is 24.3 Å². The molecule has 0 bridgehead atoms. The van der Waals surface area contributed by atoms with Crippen molar-refractivity contribution >= 4 is 0 Å². The fraction of sp³-hybridized carbons (Fsp3) is 0.333. The average molecular weight is 317 g/mol. The van der Waals surface area contributed by atoms with Gasteiger partial charge in [-0.2, -0.15) is 0 Å². The molecule has 0 heterocycles. The number of para-hydroxylation sites is 1. The number of methoxy groups -OCH3 is 4. The fourth-order valence-corrected chi connectivity index (χ4v) is 2.44. The van der Waals surface area contributed by atoms with Crippen LogP contribution < -0.4 is 24.3 Å². The van der Waals surface area contributed by atoms with Crippen LogP contribution in [0.1, 0.15) is 11.1 Å². The number of nitrogens with one attached hydrogen (secondary N) is 1. The second-order valence-electron chi connectivity index (χ2n) is 4.93. The molecular formula is C18H23NO4. The van der Waals surface area contributed by atoms with Crippen molar-refractivity contribution in [2.75, 3.05) is 28.4 Å². The highest BCUT2D eigenvalue weighted by atomic mass is 16.5. The predicted molar refractivity (Wildman–Crippen MR) is 89.6 cm³/mol. The van der Waals surface area contributed by atoms with Crippen molar-refractivity contribution < 1.29 is 18.9 Å². The fourth-order valence-electron chi connectivity index (χ4n) is 2.44. The van der Waals surface area contributed by atoms with Gasteiger partial charge in [-0.1, -0.05) is 12.1 Å². The molecule has 0 aliphatic carbocycles. The van der Waals surface area contributed by atoms with E-state index in [0.717, 1.165) is 34.1 Å². The average Bonchev–Trinajstić information content (AvgIpc) is 2.61. The largest absolute Gasteiger partial charge is 0.497 e. The lowest BCUT2D eigenvalue weighted by Gasteiger charge is -2.14. The minimum absolute atomic E-state index is 0.654. The minimum atomic E-state index is 0.654. The number of hydrogen-bond acceptors (Lipinski definition) is 5. The number of ether oxygens (including phenoxy) is 4. The normalized spacial score (nSPS) is 10.3. The third-order valence-electron chi connectivity index (χ3n) is 3.60. The first-order chi connectivity index (χ1) is 11.2. The lowest BCUT2D eigenvalue weighted by Crippen LogP contribution is -2.14. The summed E-state index contributed by atoms with van der Waals surface area (Å²) in [4.78, 5) is 0. The van der Waals surface area contributed by atoms with Crippen LogP contribution in [0.4, 0.5) is 0 Å². The van der Waals surface area contributed by atoms with Gasteiger partial charge >= 0.3 is 0 Å². The van der Waals surface area contributed by atoms with Crippen molar-refractivity contribution in [2.45, 2.75) is 13.1 Å². The van der Waals surface area contributed by atoms with E-state index in [1.165, 1.54) is 0 Å². The summed E-state index contributed by atoms with van der Waals surface area (Å²) >= 11 is 0. The number of rotatable bonds is 8. The first-order valence-corrected chi connectivity index (χ1v) is 7.35. The molecule has 2 aromatic rings. The van der Waals surface area contributed by atoms with E-state index in [1.54, 1.807) is 28.4 Å². The molecule has 0 fully saturated rings. The molecule has 2 rings (SSSR count). The summed E-state index contributed by atoms with van der Waals surface area (Å²) in [5, 5.41) is 3.40. The van der Waals surface area contributed by atoms with Crippen LogP contribution in [0.3, 0.4) is 0 Å². The van der Waals surface area contributed by atoms with E-state index in [0.29, 0.717) is 13.1 Å². The Morgan fingerprint density at radius 2 is 1.48 bits per heavy atom. The van der Waals surface area contributed by atoms with Gasteiger partial charge in [0.2, 0.25) is 0 Å². The standard InChI is InChI=1S/C18H23NO4/c1-20-15-8-9-16(21-2)14(10-15)12-19-11-13-6-5-7-17(22-3)18(13)23-4/h5-10,19H,11-12H2,1-4H3. The van der Waals surface area contributed by atoms with Gasteiger partial charge in [-0.15, -0.1) is 0 Å². The van der Waals surface area contributed by atoms with Gasteiger partial charge in [-0.05, 0) is 24.3 Å². The van der Waals surface area contributed by atoms with E-state index in [9.17, 15) is 0 Å². The third kappa shape index (κ3) is 4.07. The zero-order chi connectivity index (χ0) is 16.7. The van der Waals surface area contributed by atoms with Gasteiger partial charge in [0, 0.05) is 24.2 Å². The highest BCUT2D eigenvalue weighted by molar-refractivity contribution is 5.46. The smallest absolute Gasteiger partial charge is 0.165 e. The zero-order valence-corrected chi connectivity index (χ0v) is 14.0. The zero-order valence-electron chi connectivity index (χ0n) is 14.0. The van der Waals surface area contributed by atoms with Crippen LogP contribution in [-0.4, -0.2) is 28.4 Å². The van der Waals surface area contributed by atoms with Crippen LogP contribution in [0.2, 0.25) is 0 Å². The maximum absolute atomic E-state index is 5.44. The Labute approximate surface area is 137 Å². The highest BCUT2D eigenvalue weighted by Gasteiger charge is 2.10. The van der Waals surface area contributed by atoms with Crippen LogP contribution in [0.15, 0.2) is 36.4 Å². The Hall–Kier alpha value is -2.40. The Bertz CT molecular complexity index is 641. The molecule has 0 saturated heterocycles. The van der Waals surface area contributed by atoms with E-state index in [-0.39, 0.29) is 0 Å². The lowest BCUT2D eigenvalue weighted by molar-refractivity contribution is 0.350.